The molecule has 2 aromatic carbocycles. The van der Waals surface area contributed by atoms with Gasteiger partial charge >= 0.3 is 0 Å². The Labute approximate surface area is 172 Å². The second-order valence-electron chi connectivity index (χ2n) is 5.81. The van der Waals surface area contributed by atoms with Crippen LogP contribution in [0.4, 0.5) is 5.69 Å². The number of anilines is 1. The molecule has 0 bridgehead atoms. The van der Waals surface area contributed by atoms with Gasteiger partial charge in [-0.25, -0.2) is 4.98 Å². The summed E-state index contributed by atoms with van der Waals surface area (Å²) in [6.45, 7) is 0. The SMILES string of the molecule is COc1ccc(NC(=O)CSc2cnc3cc(OC)c(OC)cc3n2)cc1OC. The van der Waals surface area contributed by atoms with E-state index in [1.807, 2.05) is 0 Å². The summed E-state index contributed by atoms with van der Waals surface area (Å²) in [6.07, 6.45) is 1.63. The molecule has 0 aliphatic carbocycles. The molecule has 0 radical (unpaired) electrons. The number of nitrogens with zero attached hydrogens (tertiary/aromatic N) is 2. The Kier molecular flexibility index (Phi) is 6.61. The van der Waals surface area contributed by atoms with Crippen LogP contribution in [0.2, 0.25) is 0 Å². The summed E-state index contributed by atoms with van der Waals surface area (Å²) in [4.78, 5) is 21.2. The van der Waals surface area contributed by atoms with Gasteiger partial charge in [-0.1, -0.05) is 11.8 Å². The molecule has 0 aliphatic rings. The zero-order valence-electron chi connectivity index (χ0n) is 16.5. The second-order valence-corrected chi connectivity index (χ2v) is 6.81. The third-order valence-electron chi connectivity index (χ3n) is 4.04. The highest BCUT2D eigenvalue weighted by molar-refractivity contribution is 7.99. The molecule has 0 aliphatic heterocycles. The minimum Gasteiger partial charge on any atom is -0.493 e. The Hall–Kier alpha value is -3.20. The van der Waals surface area contributed by atoms with Crippen LogP contribution >= 0.6 is 11.8 Å². The number of methoxy groups -OCH3 is 4. The number of carbonyl (C=O) groups excluding carboxylic acids is 1. The van der Waals surface area contributed by atoms with Crippen LogP contribution in [0.1, 0.15) is 0 Å². The molecule has 1 aromatic heterocycles. The highest BCUT2D eigenvalue weighted by atomic mass is 32.2. The standard InChI is InChI=1S/C20H21N3O5S/c1-25-15-6-5-12(7-16(15)26-2)22-19(24)11-29-20-10-21-13-8-17(27-3)18(28-4)9-14(13)23-20/h5-10H,11H2,1-4H3,(H,22,24). The highest BCUT2D eigenvalue weighted by Gasteiger charge is 2.11. The smallest absolute Gasteiger partial charge is 0.234 e. The molecule has 0 saturated heterocycles. The average Bonchev–Trinajstić information content (AvgIpc) is 2.76. The lowest BCUT2D eigenvalue weighted by atomic mass is 10.2. The van der Waals surface area contributed by atoms with Gasteiger partial charge in [0.1, 0.15) is 5.03 Å². The summed E-state index contributed by atoms with van der Waals surface area (Å²) in [5.41, 5.74) is 1.96. The number of carbonyl (C=O) groups is 1. The van der Waals surface area contributed by atoms with E-state index in [-0.39, 0.29) is 11.7 Å². The Morgan fingerprint density at radius 3 is 2.17 bits per heavy atom. The van der Waals surface area contributed by atoms with Gasteiger partial charge in [-0.05, 0) is 12.1 Å². The molecule has 0 unspecified atom stereocenters. The third-order valence-corrected chi connectivity index (χ3v) is 4.94. The zero-order chi connectivity index (χ0) is 20.8. The van der Waals surface area contributed by atoms with Gasteiger partial charge < -0.3 is 24.3 Å². The van der Waals surface area contributed by atoms with Crippen LogP contribution < -0.4 is 24.3 Å². The van der Waals surface area contributed by atoms with Crippen LogP contribution in [0.25, 0.3) is 11.0 Å². The predicted octanol–water partition coefficient (Wildman–Crippen LogP) is 3.40. The number of nitrogens with one attached hydrogen (secondary N) is 1. The van der Waals surface area contributed by atoms with Crippen molar-refractivity contribution >= 4 is 34.4 Å². The molecule has 3 aromatic rings. The zero-order valence-corrected chi connectivity index (χ0v) is 17.3. The fourth-order valence-corrected chi connectivity index (χ4v) is 3.28. The lowest BCUT2D eigenvalue weighted by Gasteiger charge is -2.11. The van der Waals surface area contributed by atoms with E-state index in [4.69, 9.17) is 18.9 Å². The molecule has 1 N–H and O–H groups in total. The predicted molar refractivity (Wildman–Crippen MR) is 112 cm³/mol. The number of ether oxygens (including phenoxy) is 4. The maximum absolute atomic E-state index is 12.3. The van der Waals surface area contributed by atoms with E-state index in [9.17, 15) is 4.79 Å². The molecule has 9 heteroatoms. The number of hydrogen-bond acceptors (Lipinski definition) is 8. The Bertz CT molecular complexity index is 1030. The molecule has 29 heavy (non-hydrogen) atoms. The molecule has 1 amide bonds. The van der Waals surface area contributed by atoms with Crippen LogP contribution in [0, 0.1) is 0 Å². The molecule has 152 valence electrons. The first kappa shape index (κ1) is 20.5. The van der Waals surface area contributed by atoms with Crippen LogP contribution in [0.3, 0.4) is 0 Å². The fourth-order valence-electron chi connectivity index (χ4n) is 2.64. The summed E-state index contributed by atoms with van der Waals surface area (Å²) in [7, 11) is 6.23. The van der Waals surface area contributed by atoms with E-state index in [0.29, 0.717) is 44.7 Å². The van der Waals surface area contributed by atoms with Crippen molar-refractivity contribution in [3.63, 3.8) is 0 Å². The summed E-state index contributed by atoms with van der Waals surface area (Å²) in [5.74, 6) is 2.31. The van der Waals surface area contributed by atoms with Gasteiger partial charge in [0.2, 0.25) is 5.91 Å². The number of rotatable bonds is 8. The molecular weight excluding hydrogens is 394 g/mol. The molecular formula is C20H21N3O5S. The second kappa shape index (κ2) is 9.33. The van der Waals surface area contributed by atoms with Crippen LogP contribution in [-0.4, -0.2) is 50.1 Å². The van der Waals surface area contributed by atoms with Crippen molar-refractivity contribution in [1.82, 2.24) is 9.97 Å². The van der Waals surface area contributed by atoms with Crippen molar-refractivity contribution in [2.75, 3.05) is 39.5 Å². The maximum atomic E-state index is 12.3. The van der Waals surface area contributed by atoms with E-state index in [2.05, 4.69) is 15.3 Å². The average molecular weight is 415 g/mol. The van der Waals surface area contributed by atoms with Gasteiger partial charge in [0.05, 0.1) is 51.4 Å². The number of fused-ring (bicyclic) bond motifs is 1. The Balaban J connectivity index is 1.67. The van der Waals surface area contributed by atoms with Crippen LogP contribution in [0.5, 0.6) is 23.0 Å². The van der Waals surface area contributed by atoms with Crippen molar-refractivity contribution in [2.45, 2.75) is 5.03 Å². The number of hydrogen-bond donors (Lipinski definition) is 1. The third kappa shape index (κ3) is 4.80. The van der Waals surface area contributed by atoms with Gasteiger partial charge in [0.25, 0.3) is 0 Å². The number of amides is 1. The van der Waals surface area contributed by atoms with Crippen LogP contribution in [-0.2, 0) is 4.79 Å². The minimum absolute atomic E-state index is 0.170. The largest absolute Gasteiger partial charge is 0.493 e. The van der Waals surface area contributed by atoms with Crippen LogP contribution in [0.15, 0.2) is 41.6 Å². The number of benzene rings is 2. The lowest BCUT2D eigenvalue weighted by molar-refractivity contribution is -0.113. The first-order chi connectivity index (χ1) is 14.1. The normalized spacial score (nSPS) is 10.5. The summed E-state index contributed by atoms with van der Waals surface area (Å²) < 4.78 is 21.0. The first-order valence-corrected chi connectivity index (χ1v) is 9.60. The Morgan fingerprint density at radius 2 is 1.52 bits per heavy atom. The monoisotopic (exact) mass is 415 g/mol. The van der Waals surface area contributed by atoms with E-state index in [1.165, 1.54) is 11.8 Å². The number of thioether (sulfide) groups is 1. The maximum Gasteiger partial charge on any atom is 0.234 e. The molecule has 0 fully saturated rings. The quantitative estimate of drug-likeness (QED) is 0.560. The molecule has 0 saturated carbocycles. The molecule has 0 atom stereocenters. The van der Waals surface area contributed by atoms with Crippen molar-refractivity contribution in [2.24, 2.45) is 0 Å². The number of aromatic nitrogens is 2. The van der Waals surface area contributed by atoms with E-state index < -0.39 is 0 Å². The van der Waals surface area contributed by atoms with Gasteiger partial charge in [-0.3, -0.25) is 9.78 Å². The van der Waals surface area contributed by atoms with E-state index >= 15 is 0 Å². The summed E-state index contributed by atoms with van der Waals surface area (Å²) in [6, 6.07) is 8.71. The van der Waals surface area contributed by atoms with Crippen molar-refractivity contribution in [1.29, 1.82) is 0 Å². The van der Waals surface area contributed by atoms with E-state index in [1.54, 1.807) is 65.0 Å². The summed E-state index contributed by atoms with van der Waals surface area (Å²) in [5, 5.41) is 3.46. The van der Waals surface area contributed by atoms with Gasteiger partial charge in [0, 0.05) is 23.9 Å². The molecule has 1 heterocycles. The lowest BCUT2D eigenvalue weighted by Crippen LogP contribution is -2.14. The fraction of sp³-hybridized carbons (Fsp3) is 0.250. The van der Waals surface area contributed by atoms with E-state index in [0.717, 1.165) is 0 Å². The molecule has 8 nitrogen and oxygen atoms in total. The highest BCUT2D eigenvalue weighted by Crippen LogP contribution is 2.32. The van der Waals surface area contributed by atoms with Gasteiger partial charge in [-0.15, -0.1) is 0 Å². The summed E-state index contributed by atoms with van der Waals surface area (Å²) >= 11 is 1.29. The molecule has 3 rings (SSSR count). The molecule has 0 spiro atoms. The topological polar surface area (TPSA) is 91.8 Å². The van der Waals surface area contributed by atoms with Crippen molar-refractivity contribution < 1.29 is 23.7 Å². The van der Waals surface area contributed by atoms with Crippen molar-refractivity contribution in [3.05, 3.63) is 36.5 Å². The Morgan fingerprint density at radius 1 is 0.897 bits per heavy atom. The minimum atomic E-state index is -0.170. The first-order valence-electron chi connectivity index (χ1n) is 8.61. The van der Waals surface area contributed by atoms with Gasteiger partial charge in [0.15, 0.2) is 23.0 Å². The van der Waals surface area contributed by atoms with Crippen molar-refractivity contribution in [3.8, 4) is 23.0 Å². The van der Waals surface area contributed by atoms with Gasteiger partial charge in [-0.2, -0.15) is 0 Å².